The zero-order chi connectivity index (χ0) is 25.8. The molecule has 2 amide bonds. The molecule has 184 valence electrons. The Balaban J connectivity index is 1.86. The number of halogens is 1. The van der Waals surface area contributed by atoms with Crippen molar-refractivity contribution >= 4 is 49.1 Å². The van der Waals surface area contributed by atoms with E-state index in [1.807, 2.05) is 64.1 Å². The van der Waals surface area contributed by atoms with E-state index < -0.39 is 34.9 Å². The number of hydrogen-bond donors (Lipinski definition) is 2. The van der Waals surface area contributed by atoms with Crippen molar-refractivity contribution in [1.82, 2.24) is 4.31 Å². The molecule has 7 nitrogen and oxygen atoms in total. The SMILES string of the molecule is Cc1ccc(C)c(NC(=O)CN(CC(=O)Nc2cc(C)ccc2C)S(=O)(=O)c2ccc(Br)cc2)c1. The Labute approximate surface area is 214 Å². The fourth-order valence-corrected chi connectivity index (χ4v) is 5.04. The van der Waals surface area contributed by atoms with Crippen LogP contribution >= 0.6 is 15.9 Å². The van der Waals surface area contributed by atoms with E-state index in [1.54, 1.807) is 12.1 Å². The maximum atomic E-state index is 13.4. The summed E-state index contributed by atoms with van der Waals surface area (Å²) in [6.45, 7) is 6.46. The van der Waals surface area contributed by atoms with Gasteiger partial charge in [-0.05, 0) is 86.3 Å². The first-order valence-electron chi connectivity index (χ1n) is 11.0. The summed E-state index contributed by atoms with van der Waals surface area (Å²) < 4.78 is 28.4. The quantitative estimate of drug-likeness (QED) is 0.409. The molecule has 0 aliphatic carbocycles. The van der Waals surface area contributed by atoms with Crippen LogP contribution in [0.5, 0.6) is 0 Å². The number of carbonyl (C=O) groups excluding carboxylic acids is 2. The Hall–Kier alpha value is -3.01. The minimum atomic E-state index is -4.14. The second kappa shape index (κ2) is 11.2. The minimum absolute atomic E-state index is 0.0141. The van der Waals surface area contributed by atoms with Gasteiger partial charge in [0.05, 0.1) is 18.0 Å². The molecular weight excluding hydrogens is 530 g/mol. The molecule has 0 bridgehead atoms. The van der Waals surface area contributed by atoms with E-state index in [4.69, 9.17) is 0 Å². The summed E-state index contributed by atoms with van der Waals surface area (Å²) in [6.07, 6.45) is 0. The molecule has 0 unspecified atom stereocenters. The molecular formula is C26H28BrN3O4S. The van der Waals surface area contributed by atoms with Crippen molar-refractivity contribution < 1.29 is 18.0 Å². The highest BCUT2D eigenvalue weighted by Gasteiger charge is 2.29. The Bertz CT molecular complexity index is 1290. The van der Waals surface area contributed by atoms with Gasteiger partial charge in [-0.1, -0.05) is 40.2 Å². The Morgan fingerprint density at radius 1 is 0.743 bits per heavy atom. The topological polar surface area (TPSA) is 95.6 Å². The van der Waals surface area contributed by atoms with Crippen molar-refractivity contribution in [2.45, 2.75) is 32.6 Å². The van der Waals surface area contributed by atoms with Crippen LogP contribution < -0.4 is 10.6 Å². The maximum absolute atomic E-state index is 13.4. The largest absolute Gasteiger partial charge is 0.325 e. The number of sulfonamides is 1. The molecule has 0 aliphatic rings. The number of anilines is 2. The summed E-state index contributed by atoms with van der Waals surface area (Å²) in [4.78, 5) is 25.8. The Morgan fingerprint density at radius 2 is 1.17 bits per heavy atom. The monoisotopic (exact) mass is 557 g/mol. The summed E-state index contributed by atoms with van der Waals surface area (Å²) in [5.74, 6) is -1.09. The minimum Gasteiger partial charge on any atom is -0.325 e. The lowest BCUT2D eigenvalue weighted by atomic mass is 10.1. The first kappa shape index (κ1) is 26.6. The molecule has 3 aromatic rings. The van der Waals surface area contributed by atoms with Crippen LogP contribution in [-0.4, -0.2) is 37.6 Å². The third-order valence-electron chi connectivity index (χ3n) is 5.43. The fraction of sp³-hybridized carbons (Fsp3) is 0.231. The molecule has 35 heavy (non-hydrogen) atoms. The van der Waals surface area contributed by atoms with Gasteiger partial charge in [-0.25, -0.2) is 8.42 Å². The van der Waals surface area contributed by atoms with Crippen LogP contribution in [0.15, 0.2) is 70.0 Å². The molecule has 0 saturated heterocycles. The highest BCUT2D eigenvalue weighted by atomic mass is 79.9. The van der Waals surface area contributed by atoms with E-state index in [9.17, 15) is 18.0 Å². The van der Waals surface area contributed by atoms with Crippen LogP contribution in [0.25, 0.3) is 0 Å². The molecule has 3 rings (SSSR count). The van der Waals surface area contributed by atoms with Crippen LogP contribution in [-0.2, 0) is 19.6 Å². The molecule has 0 aromatic heterocycles. The molecule has 9 heteroatoms. The number of nitrogens with one attached hydrogen (secondary N) is 2. The van der Waals surface area contributed by atoms with E-state index >= 15 is 0 Å². The summed E-state index contributed by atoms with van der Waals surface area (Å²) >= 11 is 3.29. The molecule has 0 fully saturated rings. The fourth-order valence-electron chi connectivity index (χ4n) is 3.42. The van der Waals surface area contributed by atoms with Gasteiger partial charge in [0.2, 0.25) is 21.8 Å². The number of nitrogens with zero attached hydrogens (tertiary/aromatic N) is 1. The molecule has 2 N–H and O–H groups in total. The molecule has 0 aliphatic heterocycles. The highest BCUT2D eigenvalue weighted by molar-refractivity contribution is 9.10. The van der Waals surface area contributed by atoms with Crippen molar-refractivity contribution in [3.63, 3.8) is 0 Å². The molecule has 0 saturated carbocycles. The Kier molecular flexibility index (Phi) is 8.47. The summed E-state index contributed by atoms with van der Waals surface area (Å²) in [5.41, 5.74) is 4.79. The lowest BCUT2D eigenvalue weighted by molar-refractivity contribution is -0.118. The van der Waals surface area contributed by atoms with Gasteiger partial charge in [0.1, 0.15) is 0 Å². The Morgan fingerprint density at radius 3 is 1.60 bits per heavy atom. The highest BCUT2D eigenvalue weighted by Crippen LogP contribution is 2.21. The second-order valence-corrected chi connectivity index (χ2v) is 11.3. The van der Waals surface area contributed by atoms with Gasteiger partial charge < -0.3 is 10.6 Å². The van der Waals surface area contributed by atoms with Crippen LogP contribution in [0.4, 0.5) is 11.4 Å². The van der Waals surface area contributed by atoms with E-state index in [0.29, 0.717) is 15.8 Å². The van der Waals surface area contributed by atoms with Gasteiger partial charge in [-0.3, -0.25) is 9.59 Å². The van der Waals surface area contributed by atoms with Crippen molar-refractivity contribution in [1.29, 1.82) is 0 Å². The normalized spacial score (nSPS) is 11.4. The third-order valence-corrected chi connectivity index (χ3v) is 7.76. The van der Waals surface area contributed by atoms with E-state index in [2.05, 4.69) is 26.6 Å². The number of amides is 2. The zero-order valence-electron chi connectivity index (χ0n) is 20.1. The predicted octanol–water partition coefficient (Wildman–Crippen LogP) is 4.95. The van der Waals surface area contributed by atoms with Gasteiger partial charge in [-0.15, -0.1) is 0 Å². The van der Waals surface area contributed by atoms with Crippen LogP contribution in [0.3, 0.4) is 0 Å². The average molecular weight is 558 g/mol. The van der Waals surface area contributed by atoms with Crippen molar-refractivity contribution in [2.24, 2.45) is 0 Å². The van der Waals surface area contributed by atoms with Gasteiger partial charge in [0.25, 0.3) is 0 Å². The van der Waals surface area contributed by atoms with Crippen molar-refractivity contribution in [3.05, 3.63) is 87.4 Å². The van der Waals surface area contributed by atoms with E-state index in [1.165, 1.54) is 12.1 Å². The number of hydrogen-bond acceptors (Lipinski definition) is 4. The zero-order valence-corrected chi connectivity index (χ0v) is 22.5. The predicted molar refractivity (Wildman–Crippen MR) is 142 cm³/mol. The lowest BCUT2D eigenvalue weighted by Crippen LogP contribution is -2.42. The summed E-state index contributed by atoms with van der Waals surface area (Å²) in [5, 5.41) is 5.54. The smallest absolute Gasteiger partial charge is 0.244 e. The molecule has 0 atom stereocenters. The summed E-state index contributed by atoms with van der Waals surface area (Å²) in [6, 6.07) is 17.3. The molecule has 3 aromatic carbocycles. The van der Waals surface area contributed by atoms with Crippen molar-refractivity contribution in [2.75, 3.05) is 23.7 Å². The number of rotatable bonds is 8. The average Bonchev–Trinajstić information content (AvgIpc) is 2.78. The number of benzene rings is 3. The lowest BCUT2D eigenvalue weighted by Gasteiger charge is -2.22. The molecule has 0 heterocycles. The first-order valence-corrected chi connectivity index (χ1v) is 13.2. The van der Waals surface area contributed by atoms with E-state index in [-0.39, 0.29) is 4.90 Å². The van der Waals surface area contributed by atoms with Gasteiger partial charge >= 0.3 is 0 Å². The van der Waals surface area contributed by atoms with Gasteiger partial charge in [0.15, 0.2) is 0 Å². The third kappa shape index (κ3) is 7.00. The first-order chi connectivity index (χ1) is 16.5. The molecule has 0 spiro atoms. The standard InChI is InChI=1S/C26H28BrN3O4S/c1-17-5-7-19(3)23(13-17)28-25(31)15-30(35(33,34)22-11-9-21(27)10-12-22)16-26(32)29-24-14-18(2)6-8-20(24)4/h5-14H,15-16H2,1-4H3,(H,28,31)(H,29,32). The second-order valence-electron chi connectivity index (χ2n) is 8.46. The number of carbonyl (C=O) groups is 2. The molecule has 0 radical (unpaired) electrons. The van der Waals surface area contributed by atoms with Crippen LogP contribution in [0.2, 0.25) is 0 Å². The summed E-state index contributed by atoms with van der Waals surface area (Å²) in [7, 11) is -4.14. The van der Waals surface area contributed by atoms with Gasteiger partial charge in [-0.2, -0.15) is 4.31 Å². The van der Waals surface area contributed by atoms with Crippen LogP contribution in [0, 0.1) is 27.7 Å². The van der Waals surface area contributed by atoms with Crippen LogP contribution in [0.1, 0.15) is 22.3 Å². The van der Waals surface area contributed by atoms with Crippen molar-refractivity contribution in [3.8, 4) is 0 Å². The maximum Gasteiger partial charge on any atom is 0.244 e. The van der Waals surface area contributed by atoms with E-state index in [0.717, 1.165) is 26.6 Å². The van der Waals surface area contributed by atoms with Gasteiger partial charge in [0, 0.05) is 15.8 Å². The number of aryl methyl sites for hydroxylation is 4.